The first-order chi connectivity index (χ1) is 12.8. The van der Waals surface area contributed by atoms with Gasteiger partial charge in [-0.05, 0) is 87.0 Å². The third-order valence-electron chi connectivity index (χ3n) is 7.83. The van der Waals surface area contributed by atoms with Gasteiger partial charge >= 0.3 is 0 Å². The monoisotopic (exact) mass is 370 g/mol. The molecular weight excluding hydrogens is 332 g/mol. The van der Waals surface area contributed by atoms with Gasteiger partial charge in [0.1, 0.15) is 0 Å². The van der Waals surface area contributed by atoms with E-state index in [9.17, 15) is 5.11 Å². The number of allylic oxidation sites excluding steroid dienone is 3. The van der Waals surface area contributed by atoms with E-state index in [1.165, 1.54) is 44.1 Å². The zero-order valence-electron chi connectivity index (χ0n) is 17.8. The minimum atomic E-state index is -0.451. The van der Waals surface area contributed by atoms with E-state index in [1.54, 1.807) is 18.1 Å². The van der Waals surface area contributed by atoms with Gasteiger partial charge in [0.15, 0.2) is 0 Å². The normalized spacial score (nSPS) is 34.6. The maximum atomic E-state index is 10.9. The molecule has 0 unspecified atom stereocenters. The highest BCUT2D eigenvalue weighted by atomic mass is 16.3. The Labute approximate surface area is 165 Å². The average molecular weight is 371 g/mol. The van der Waals surface area contributed by atoms with E-state index in [1.807, 2.05) is 6.07 Å². The van der Waals surface area contributed by atoms with Crippen LogP contribution in [0.25, 0.3) is 0 Å². The SMILES string of the molecule is C=C(C)CCC[C@]1(C)CCC=C2[C@H]1CC[C@@H](C)[C@@]2(C)C[C@@H](O)c1ccoc1. The van der Waals surface area contributed by atoms with Crippen molar-refractivity contribution in [3.63, 3.8) is 0 Å². The van der Waals surface area contributed by atoms with Gasteiger partial charge < -0.3 is 9.52 Å². The Kier molecular flexibility index (Phi) is 6.05. The summed E-state index contributed by atoms with van der Waals surface area (Å²) in [5, 5.41) is 10.9. The second-order valence-electron chi connectivity index (χ2n) is 9.89. The first-order valence-electron chi connectivity index (χ1n) is 10.8. The highest BCUT2D eigenvalue weighted by Gasteiger charge is 2.49. The molecule has 3 rings (SSSR count). The molecule has 0 radical (unpaired) electrons. The van der Waals surface area contributed by atoms with Crippen LogP contribution in [0.3, 0.4) is 0 Å². The predicted octanol–water partition coefficient (Wildman–Crippen LogP) is 7.23. The molecule has 150 valence electrons. The number of fused-ring (bicyclic) bond motifs is 1. The van der Waals surface area contributed by atoms with Crippen LogP contribution in [0.4, 0.5) is 0 Å². The Hall–Kier alpha value is -1.28. The highest BCUT2D eigenvalue weighted by Crippen LogP contribution is 2.60. The molecule has 0 bridgehead atoms. The standard InChI is InChI=1S/C25H38O2/c1-18(2)8-6-13-24(4)14-7-9-22-21(24)11-10-19(3)25(22,5)16-23(26)20-12-15-27-17-20/h9,12,15,17,19,21,23,26H,1,6-8,10-11,13-14,16H2,2-5H3/t19-,21-,23-,24-,25-/m1/s1. The van der Waals surface area contributed by atoms with Crippen molar-refractivity contribution in [3.8, 4) is 0 Å². The molecule has 0 spiro atoms. The van der Waals surface area contributed by atoms with Gasteiger partial charge in [0.25, 0.3) is 0 Å². The van der Waals surface area contributed by atoms with Crippen molar-refractivity contribution in [2.24, 2.45) is 22.7 Å². The quantitative estimate of drug-likeness (QED) is 0.514. The predicted molar refractivity (Wildman–Crippen MR) is 112 cm³/mol. The number of hydrogen-bond donors (Lipinski definition) is 1. The Morgan fingerprint density at radius 2 is 2.15 bits per heavy atom. The van der Waals surface area contributed by atoms with Crippen molar-refractivity contribution in [2.45, 2.75) is 85.2 Å². The van der Waals surface area contributed by atoms with Crippen molar-refractivity contribution >= 4 is 0 Å². The number of aliphatic hydroxyl groups excluding tert-OH is 1. The third-order valence-corrected chi connectivity index (χ3v) is 7.83. The molecule has 0 amide bonds. The average Bonchev–Trinajstić information content (AvgIpc) is 3.13. The molecule has 27 heavy (non-hydrogen) atoms. The van der Waals surface area contributed by atoms with E-state index in [0.717, 1.165) is 18.4 Å². The summed E-state index contributed by atoms with van der Waals surface area (Å²) >= 11 is 0. The Bertz CT molecular complexity index is 671. The molecule has 1 aromatic heterocycles. The van der Waals surface area contributed by atoms with E-state index in [0.29, 0.717) is 17.3 Å². The third kappa shape index (κ3) is 4.11. The molecule has 1 N–H and O–H groups in total. The Balaban J connectivity index is 1.81. The number of rotatable bonds is 7. The first-order valence-corrected chi connectivity index (χ1v) is 10.8. The van der Waals surface area contributed by atoms with Crippen molar-refractivity contribution < 1.29 is 9.52 Å². The lowest BCUT2D eigenvalue weighted by molar-refractivity contribution is 0.0292. The summed E-state index contributed by atoms with van der Waals surface area (Å²) in [6.45, 7) is 13.5. The van der Waals surface area contributed by atoms with Crippen LogP contribution in [0.15, 0.2) is 46.8 Å². The molecule has 2 nitrogen and oxygen atoms in total. The lowest BCUT2D eigenvalue weighted by Crippen LogP contribution is -2.44. The zero-order valence-corrected chi connectivity index (χ0v) is 17.8. The van der Waals surface area contributed by atoms with Crippen molar-refractivity contribution in [1.29, 1.82) is 0 Å². The molecule has 0 aliphatic heterocycles. The van der Waals surface area contributed by atoms with Gasteiger partial charge in [-0.3, -0.25) is 0 Å². The molecule has 1 aromatic rings. The van der Waals surface area contributed by atoms with E-state index < -0.39 is 6.10 Å². The maximum Gasteiger partial charge on any atom is 0.0960 e. The molecule has 2 heteroatoms. The van der Waals surface area contributed by atoms with Crippen LogP contribution in [-0.2, 0) is 0 Å². The van der Waals surface area contributed by atoms with Crippen LogP contribution < -0.4 is 0 Å². The molecule has 0 aromatic carbocycles. The van der Waals surface area contributed by atoms with Gasteiger partial charge in [0, 0.05) is 5.56 Å². The summed E-state index contributed by atoms with van der Waals surface area (Å²) in [5.41, 5.74) is 4.30. The zero-order chi connectivity index (χ0) is 19.7. The number of hydrogen-bond acceptors (Lipinski definition) is 2. The molecule has 0 saturated heterocycles. The lowest BCUT2D eigenvalue weighted by Gasteiger charge is -2.54. The Morgan fingerprint density at radius 1 is 1.37 bits per heavy atom. The van der Waals surface area contributed by atoms with Crippen molar-refractivity contribution in [1.82, 2.24) is 0 Å². The van der Waals surface area contributed by atoms with Crippen LogP contribution in [0, 0.1) is 22.7 Å². The van der Waals surface area contributed by atoms with Crippen LogP contribution in [0.2, 0.25) is 0 Å². The summed E-state index contributed by atoms with van der Waals surface area (Å²) in [7, 11) is 0. The summed E-state index contributed by atoms with van der Waals surface area (Å²) in [4.78, 5) is 0. The van der Waals surface area contributed by atoms with Crippen LogP contribution in [-0.4, -0.2) is 5.11 Å². The molecule has 5 atom stereocenters. The smallest absolute Gasteiger partial charge is 0.0960 e. The molecular formula is C25H38O2. The summed E-state index contributed by atoms with van der Waals surface area (Å²) < 4.78 is 5.21. The van der Waals surface area contributed by atoms with Gasteiger partial charge in [0.05, 0.1) is 18.6 Å². The molecule has 2 aliphatic rings. The van der Waals surface area contributed by atoms with Gasteiger partial charge in [-0.25, -0.2) is 0 Å². The van der Waals surface area contributed by atoms with E-state index in [-0.39, 0.29) is 5.41 Å². The highest BCUT2D eigenvalue weighted by molar-refractivity contribution is 5.27. The van der Waals surface area contributed by atoms with E-state index in [2.05, 4.69) is 40.3 Å². The second kappa shape index (κ2) is 7.99. The minimum Gasteiger partial charge on any atom is -0.472 e. The van der Waals surface area contributed by atoms with Crippen molar-refractivity contribution in [3.05, 3.63) is 48.0 Å². The summed E-state index contributed by atoms with van der Waals surface area (Å²) in [5.74, 6) is 1.26. The van der Waals surface area contributed by atoms with Crippen molar-refractivity contribution in [2.75, 3.05) is 0 Å². The Morgan fingerprint density at radius 3 is 2.81 bits per heavy atom. The molecule has 2 aliphatic carbocycles. The summed E-state index contributed by atoms with van der Waals surface area (Å²) in [6.07, 6.45) is 14.9. The maximum absolute atomic E-state index is 10.9. The van der Waals surface area contributed by atoms with Gasteiger partial charge in [0.2, 0.25) is 0 Å². The fraction of sp³-hybridized carbons (Fsp3) is 0.680. The second-order valence-corrected chi connectivity index (χ2v) is 9.89. The molecule has 1 saturated carbocycles. The fourth-order valence-electron chi connectivity index (χ4n) is 5.80. The topological polar surface area (TPSA) is 33.4 Å². The number of aliphatic hydroxyl groups is 1. The van der Waals surface area contributed by atoms with Gasteiger partial charge in [-0.2, -0.15) is 0 Å². The molecule has 1 fully saturated rings. The van der Waals surface area contributed by atoms with Gasteiger partial charge in [-0.15, -0.1) is 6.58 Å². The number of furan rings is 1. The van der Waals surface area contributed by atoms with Crippen LogP contribution in [0.1, 0.15) is 90.7 Å². The lowest BCUT2D eigenvalue weighted by atomic mass is 9.50. The van der Waals surface area contributed by atoms with Crippen LogP contribution >= 0.6 is 0 Å². The minimum absolute atomic E-state index is 0.0651. The largest absolute Gasteiger partial charge is 0.472 e. The first kappa shape index (κ1) is 20.5. The van der Waals surface area contributed by atoms with Crippen LogP contribution in [0.5, 0.6) is 0 Å². The summed E-state index contributed by atoms with van der Waals surface area (Å²) in [6, 6.07) is 1.90. The fourth-order valence-corrected chi connectivity index (χ4v) is 5.80. The van der Waals surface area contributed by atoms with E-state index >= 15 is 0 Å². The molecule has 1 heterocycles. The van der Waals surface area contributed by atoms with Gasteiger partial charge in [-0.1, -0.05) is 38.0 Å². The van der Waals surface area contributed by atoms with E-state index in [4.69, 9.17) is 4.42 Å².